The van der Waals surface area contributed by atoms with E-state index < -0.39 is 11.5 Å². The highest BCUT2D eigenvalue weighted by Crippen LogP contribution is 2.18. The Balaban J connectivity index is 2.06. The minimum Gasteiger partial charge on any atom is -0.379 e. The highest BCUT2D eigenvalue weighted by Gasteiger charge is 2.37. The maximum Gasteiger partial charge on any atom is 0.354 e. The zero-order valence-electron chi connectivity index (χ0n) is 14.4. The van der Waals surface area contributed by atoms with Crippen molar-refractivity contribution in [2.75, 3.05) is 26.3 Å². The van der Waals surface area contributed by atoms with E-state index in [2.05, 4.69) is 5.16 Å². The van der Waals surface area contributed by atoms with Gasteiger partial charge in [-0.3, -0.25) is 9.69 Å². The quantitative estimate of drug-likeness (QED) is 0.346. The van der Waals surface area contributed by atoms with Crippen molar-refractivity contribution in [2.24, 2.45) is 5.16 Å². The van der Waals surface area contributed by atoms with Crippen LogP contribution in [0.3, 0.4) is 0 Å². The summed E-state index contributed by atoms with van der Waals surface area (Å²) < 4.78 is 5.30. The third-order valence-corrected chi connectivity index (χ3v) is 4.17. The van der Waals surface area contributed by atoms with Crippen LogP contribution in [-0.2, 0) is 14.4 Å². The molecule has 1 fully saturated rings. The summed E-state index contributed by atoms with van der Waals surface area (Å²) in [4.78, 5) is 31.9. The topological polar surface area (TPSA) is 68.2 Å². The standard InChI is InChI=1S/C18H24N2O4/c1-4-15(16(21)14-8-6-5-7-9-14)19-24-17(22)18(2,3)20-10-12-23-13-11-20/h5-9H,4,10-13H2,1-3H3/b19-15+. The first-order chi connectivity index (χ1) is 11.5. The van der Waals surface area contributed by atoms with Gasteiger partial charge in [-0.25, -0.2) is 4.79 Å². The maximum atomic E-state index is 12.4. The van der Waals surface area contributed by atoms with E-state index in [0.717, 1.165) is 0 Å². The Labute approximate surface area is 142 Å². The Morgan fingerprint density at radius 2 is 1.83 bits per heavy atom. The van der Waals surface area contributed by atoms with Gasteiger partial charge < -0.3 is 9.57 Å². The molecule has 130 valence electrons. The number of rotatable bonds is 6. The summed E-state index contributed by atoms with van der Waals surface area (Å²) in [7, 11) is 0. The molecule has 1 aromatic rings. The van der Waals surface area contributed by atoms with Gasteiger partial charge >= 0.3 is 5.97 Å². The van der Waals surface area contributed by atoms with Crippen LogP contribution >= 0.6 is 0 Å². The summed E-state index contributed by atoms with van der Waals surface area (Å²) in [6, 6.07) is 8.84. The van der Waals surface area contributed by atoms with Gasteiger partial charge in [0.15, 0.2) is 0 Å². The molecule has 0 radical (unpaired) electrons. The Morgan fingerprint density at radius 1 is 1.21 bits per heavy atom. The number of nitrogens with zero attached hydrogens (tertiary/aromatic N) is 2. The Hall–Kier alpha value is -2.05. The lowest BCUT2D eigenvalue weighted by molar-refractivity contribution is -0.159. The summed E-state index contributed by atoms with van der Waals surface area (Å²) in [5.41, 5.74) is -0.0593. The molecule has 24 heavy (non-hydrogen) atoms. The third-order valence-electron chi connectivity index (χ3n) is 4.17. The molecule has 0 unspecified atom stereocenters. The maximum absolute atomic E-state index is 12.4. The van der Waals surface area contributed by atoms with Crippen LogP contribution in [0, 0.1) is 0 Å². The molecule has 1 aliphatic rings. The molecule has 1 aromatic carbocycles. The number of hydrogen-bond donors (Lipinski definition) is 0. The molecule has 0 spiro atoms. The fraction of sp³-hybridized carbons (Fsp3) is 0.500. The van der Waals surface area contributed by atoms with E-state index in [0.29, 0.717) is 38.3 Å². The van der Waals surface area contributed by atoms with Crippen LogP contribution in [-0.4, -0.2) is 54.2 Å². The average Bonchev–Trinajstić information content (AvgIpc) is 2.63. The van der Waals surface area contributed by atoms with E-state index in [1.807, 2.05) is 11.0 Å². The molecule has 6 heteroatoms. The van der Waals surface area contributed by atoms with E-state index in [1.54, 1.807) is 45.0 Å². The predicted molar refractivity (Wildman–Crippen MR) is 91.1 cm³/mol. The van der Waals surface area contributed by atoms with Gasteiger partial charge in [0.05, 0.1) is 13.2 Å². The van der Waals surface area contributed by atoms with Crippen LogP contribution in [0.2, 0.25) is 0 Å². The van der Waals surface area contributed by atoms with Crippen LogP contribution in [0.25, 0.3) is 0 Å². The fourth-order valence-corrected chi connectivity index (χ4v) is 2.48. The van der Waals surface area contributed by atoms with Crippen LogP contribution < -0.4 is 0 Å². The number of carbonyl (C=O) groups excluding carboxylic acids is 2. The lowest BCUT2D eigenvalue weighted by atomic mass is 10.0. The molecule has 0 amide bonds. The highest BCUT2D eigenvalue weighted by molar-refractivity contribution is 6.45. The zero-order valence-corrected chi connectivity index (χ0v) is 14.4. The Kier molecular flexibility index (Phi) is 6.23. The monoisotopic (exact) mass is 332 g/mol. The second-order valence-corrected chi connectivity index (χ2v) is 6.12. The number of benzene rings is 1. The summed E-state index contributed by atoms with van der Waals surface area (Å²) in [6.07, 6.45) is 0.388. The third kappa shape index (κ3) is 4.27. The number of hydrogen-bond acceptors (Lipinski definition) is 6. The summed E-state index contributed by atoms with van der Waals surface area (Å²) in [6.45, 7) is 7.90. The Bertz CT molecular complexity index is 605. The van der Waals surface area contributed by atoms with Gasteiger partial charge in [0.25, 0.3) is 0 Å². The molecule has 1 heterocycles. The molecule has 0 N–H and O–H groups in total. The molecule has 0 aromatic heterocycles. The number of carbonyl (C=O) groups is 2. The molecule has 0 saturated carbocycles. The number of ketones is 1. The van der Waals surface area contributed by atoms with Gasteiger partial charge in [-0.05, 0) is 20.3 Å². The van der Waals surface area contributed by atoms with Gasteiger partial charge in [0, 0.05) is 18.7 Å². The van der Waals surface area contributed by atoms with Crippen molar-refractivity contribution >= 4 is 17.5 Å². The average molecular weight is 332 g/mol. The first-order valence-electron chi connectivity index (χ1n) is 8.17. The number of oxime groups is 1. The van der Waals surface area contributed by atoms with Gasteiger partial charge in [-0.1, -0.05) is 42.4 Å². The largest absolute Gasteiger partial charge is 0.379 e. The van der Waals surface area contributed by atoms with Crippen molar-refractivity contribution in [3.63, 3.8) is 0 Å². The molecular formula is C18H24N2O4. The fourth-order valence-electron chi connectivity index (χ4n) is 2.48. The summed E-state index contributed by atoms with van der Waals surface area (Å²) in [5, 5.41) is 3.84. The lowest BCUT2D eigenvalue weighted by Gasteiger charge is -2.37. The van der Waals surface area contributed by atoms with Crippen molar-refractivity contribution in [1.82, 2.24) is 4.90 Å². The summed E-state index contributed by atoms with van der Waals surface area (Å²) >= 11 is 0. The summed E-state index contributed by atoms with van der Waals surface area (Å²) in [5.74, 6) is -0.703. The molecular weight excluding hydrogens is 308 g/mol. The van der Waals surface area contributed by atoms with Gasteiger partial charge in [-0.15, -0.1) is 0 Å². The van der Waals surface area contributed by atoms with Crippen LogP contribution in [0.15, 0.2) is 35.5 Å². The molecule has 1 saturated heterocycles. The van der Waals surface area contributed by atoms with Crippen molar-refractivity contribution in [3.05, 3.63) is 35.9 Å². The Morgan fingerprint density at radius 3 is 2.42 bits per heavy atom. The number of ether oxygens (including phenoxy) is 1. The van der Waals surface area contributed by atoms with Crippen molar-refractivity contribution in [1.29, 1.82) is 0 Å². The molecule has 1 aliphatic heterocycles. The van der Waals surface area contributed by atoms with E-state index in [-0.39, 0.29) is 11.5 Å². The first-order valence-corrected chi connectivity index (χ1v) is 8.17. The van der Waals surface area contributed by atoms with Crippen LogP contribution in [0.1, 0.15) is 37.6 Å². The smallest absolute Gasteiger partial charge is 0.354 e. The minimum atomic E-state index is -0.818. The van der Waals surface area contributed by atoms with Crippen LogP contribution in [0.4, 0.5) is 0 Å². The molecule has 0 bridgehead atoms. The van der Waals surface area contributed by atoms with E-state index in [4.69, 9.17) is 9.57 Å². The highest BCUT2D eigenvalue weighted by atomic mass is 16.7. The zero-order chi connectivity index (χ0) is 17.6. The normalized spacial score (nSPS) is 16.7. The van der Waals surface area contributed by atoms with E-state index >= 15 is 0 Å². The minimum absolute atomic E-state index is 0.227. The van der Waals surface area contributed by atoms with Crippen molar-refractivity contribution in [2.45, 2.75) is 32.7 Å². The second-order valence-electron chi connectivity index (χ2n) is 6.12. The molecule has 0 atom stereocenters. The van der Waals surface area contributed by atoms with Gasteiger partial charge in [0.2, 0.25) is 5.78 Å². The number of Topliss-reactive ketones (excluding diaryl/α,β-unsaturated/α-hetero) is 1. The molecule has 6 nitrogen and oxygen atoms in total. The van der Waals surface area contributed by atoms with E-state index in [9.17, 15) is 9.59 Å². The van der Waals surface area contributed by atoms with Crippen LogP contribution in [0.5, 0.6) is 0 Å². The van der Waals surface area contributed by atoms with Crippen molar-refractivity contribution in [3.8, 4) is 0 Å². The molecule has 0 aliphatic carbocycles. The lowest BCUT2D eigenvalue weighted by Crippen LogP contribution is -2.54. The van der Waals surface area contributed by atoms with E-state index in [1.165, 1.54) is 0 Å². The molecule has 2 rings (SSSR count). The van der Waals surface area contributed by atoms with Gasteiger partial charge in [0.1, 0.15) is 11.3 Å². The number of morpholine rings is 1. The predicted octanol–water partition coefficient (Wildman–Crippen LogP) is 2.29. The SMILES string of the molecule is CC/C(=N\OC(=O)C(C)(C)N1CCOCC1)C(=O)c1ccccc1. The van der Waals surface area contributed by atoms with Gasteiger partial charge in [-0.2, -0.15) is 0 Å². The second kappa shape index (κ2) is 8.17. The van der Waals surface area contributed by atoms with Crippen molar-refractivity contribution < 1.29 is 19.2 Å². The first kappa shape index (κ1) is 18.3.